The molecule has 74 valence electrons. The van der Waals surface area contributed by atoms with Crippen LogP contribution in [0.2, 0.25) is 0 Å². The molecule has 0 aliphatic heterocycles. The molecular formula is C10H17NO2. The van der Waals surface area contributed by atoms with Gasteiger partial charge in [0.15, 0.2) is 0 Å². The van der Waals surface area contributed by atoms with Crippen molar-refractivity contribution >= 4 is 5.97 Å². The first kappa shape index (κ1) is 12.0. The van der Waals surface area contributed by atoms with E-state index < -0.39 is 0 Å². The van der Waals surface area contributed by atoms with Crippen LogP contribution in [0.3, 0.4) is 0 Å². The number of nitrogens with zero attached hydrogens (tertiary/aromatic N) is 1. The van der Waals surface area contributed by atoms with Crippen LogP contribution in [-0.4, -0.2) is 37.1 Å². The molecule has 0 N–H and O–H groups in total. The van der Waals surface area contributed by atoms with E-state index in [1.807, 2.05) is 4.90 Å². The summed E-state index contributed by atoms with van der Waals surface area (Å²) >= 11 is 0. The fraction of sp³-hybridized carbons (Fsp3) is 0.700. The monoisotopic (exact) mass is 183 g/mol. The zero-order valence-corrected chi connectivity index (χ0v) is 8.38. The van der Waals surface area contributed by atoms with Crippen LogP contribution in [0.1, 0.15) is 20.3 Å². The van der Waals surface area contributed by atoms with Crippen molar-refractivity contribution in [2.45, 2.75) is 20.3 Å². The first-order valence-corrected chi connectivity index (χ1v) is 4.56. The van der Waals surface area contributed by atoms with Crippen molar-refractivity contribution < 1.29 is 9.53 Å². The molecule has 0 saturated heterocycles. The molecule has 0 spiro atoms. The van der Waals surface area contributed by atoms with Crippen LogP contribution >= 0.6 is 0 Å². The van der Waals surface area contributed by atoms with Gasteiger partial charge in [-0.3, -0.25) is 9.69 Å². The Bertz CT molecular complexity index is 184. The highest BCUT2D eigenvalue weighted by atomic mass is 16.5. The lowest BCUT2D eigenvalue weighted by molar-refractivity contribution is -0.144. The average molecular weight is 183 g/mol. The largest absolute Gasteiger partial charge is 0.465 e. The molecule has 0 aliphatic rings. The van der Waals surface area contributed by atoms with Crippen molar-refractivity contribution in [3.63, 3.8) is 0 Å². The van der Waals surface area contributed by atoms with E-state index in [1.165, 1.54) is 0 Å². The van der Waals surface area contributed by atoms with E-state index in [4.69, 9.17) is 11.2 Å². The summed E-state index contributed by atoms with van der Waals surface area (Å²) in [4.78, 5) is 13.0. The number of hydrogen-bond donors (Lipinski definition) is 0. The lowest BCUT2D eigenvalue weighted by Crippen LogP contribution is -2.32. The maximum atomic E-state index is 11.1. The van der Waals surface area contributed by atoms with Crippen LogP contribution in [0.5, 0.6) is 0 Å². The van der Waals surface area contributed by atoms with Crippen LogP contribution < -0.4 is 0 Å². The molecule has 0 bridgehead atoms. The van der Waals surface area contributed by atoms with Crippen LogP contribution in [0, 0.1) is 12.3 Å². The van der Waals surface area contributed by atoms with Crippen molar-refractivity contribution in [1.82, 2.24) is 4.90 Å². The van der Waals surface area contributed by atoms with Gasteiger partial charge in [-0.05, 0) is 19.9 Å². The van der Waals surface area contributed by atoms with Gasteiger partial charge in [0.25, 0.3) is 0 Å². The Morgan fingerprint density at radius 3 is 2.69 bits per heavy atom. The van der Waals surface area contributed by atoms with Gasteiger partial charge in [-0.15, -0.1) is 6.42 Å². The molecule has 0 saturated carbocycles. The molecule has 0 aliphatic carbocycles. The lowest BCUT2D eigenvalue weighted by atomic mass is 10.4. The molecule has 0 unspecified atom stereocenters. The fourth-order valence-electron chi connectivity index (χ4n) is 1.05. The van der Waals surface area contributed by atoms with E-state index in [0.717, 1.165) is 13.0 Å². The zero-order chi connectivity index (χ0) is 10.1. The number of ether oxygens (including phenoxy) is 1. The van der Waals surface area contributed by atoms with E-state index in [1.54, 1.807) is 6.92 Å². The van der Waals surface area contributed by atoms with Crippen molar-refractivity contribution in [2.75, 3.05) is 26.2 Å². The predicted octanol–water partition coefficient (Wildman–Crippen LogP) is 0.895. The Balaban J connectivity index is 3.80. The van der Waals surface area contributed by atoms with Gasteiger partial charge in [0, 0.05) is 0 Å². The average Bonchev–Trinajstić information content (AvgIpc) is 2.05. The highest BCUT2D eigenvalue weighted by Gasteiger charge is 2.08. The van der Waals surface area contributed by atoms with Crippen LogP contribution in [0.15, 0.2) is 0 Å². The van der Waals surface area contributed by atoms with Gasteiger partial charge in [-0.1, -0.05) is 12.8 Å². The summed E-state index contributed by atoms with van der Waals surface area (Å²) in [5.74, 6) is 2.32. The predicted molar refractivity (Wildman–Crippen MR) is 52.2 cm³/mol. The van der Waals surface area contributed by atoms with E-state index in [-0.39, 0.29) is 5.97 Å². The van der Waals surface area contributed by atoms with Crippen LogP contribution in [-0.2, 0) is 9.53 Å². The van der Waals surface area contributed by atoms with Crippen molar-refractivity contribution in [1.29, 1.82) is 0 Å². The number of carbonyl (C=O) groups is 1. The second-order valence-corrected chi connectivity index (χ2v) is 2.72. The van der Waals surface area contributed by atoms with Gasteiger partial charge < -0.3 is 4.74 Å². The van der Waals surface area contributed by atoms with Crippen LogP contribution in [0.25, 0.3) is 0 Å². The van der Waals surface area contributed by atoms with Gasteiger partial charge >= 0.3 is 5.97 Å². The van der Waals surface area contributed by atoms with Crippen molar-refractivity contribution in [3.8, 4) is 12.3 Å². The normalized spacial score (nSPS) is 9.69. The van der Waals surface area contributed by atoms with Gasteiger partial charge in [-0.25, -0.2) is 0 Å². The fourth-order valence-corrected chi connectivity index (χ4v) is 1.05. The topological polar surface area (TPSA) is 29.5 Å². The third-order valence-electron chi connectivity index (χ3n) is 1.51. The molecule has 13 heavy (non-hydrogen) atoms. The highest BCUT2D eigenvalue weighted by molar-refractivity contribution is 5.71. The number of carbonyl (C=O) groups excluding carboxylic acids is 1. The second-order valence-electron chi connectivity index (χ2n) is 2.72. The second kappa shape index (κ2) is 7.63. The Hall–Kier alpha value is -1.01. The van der Waals surface area contributed by atoms with E-state index >= 15 is 0 Å². The first-order valence-electron chi connectivity index (χ1n) is 4.56. The van der Waals surface area contributed by atoms with Gasteiger partial charge in [-0.2, -0.15) is 0 Å². The Labute approximate surface area is 80.1 Å². The third-order valence-corrected chi connectivity index (χ3v) is 1.51. The molecule has 0 rings (SSSR count). The van der Waals surface area contributed by atoms with E-state index in [9.17, 15) is 4.79 Å². The molecule has 0 heterocycles. The molecule has 0 aromatic carbocycles. The van der Waals surface area contributed by atoms with Crippen molar-refractivity contribution in [2.24, 2.45) is 0 Å². The molecular weight excluding hydrogens is 166 g/mol. The number of hydrogen-bond acceptors (Lipinski definition) is 3. The maximum absolute atomic E-state index is 11.1. The van der Waals surface area contributed by atoms with Crippen LogP contribution in [0.4, 0.5) is 0 Å². The molecule has 0 fully saturated rings. The molecule has 3 nitrogen and oxygen atoms in total. The van der Waals surface area contributed by atoms with E-state index in [0.29, 0.717) is 19.7 Å². The summed E-state index contributed by atoms with van der Waals surface area (Å²) in [5, 5.41) is 0. The summed E-state index contributed by atoms with van der Waals surface area (Å²) in [6, 6.07) is 0. The molecule has 0 aromatic heterocycles. The summed E-state index contributed by atoms with van der Waals surface area (Å²) in [6.45, 7) is 5.91. The molecule has 0 radical (unpaired) electrons. The molecule has 3 heteroatoms. The molecule has 0 aromatic rings. The quantitative estimate of drug-likeness (QED) is 0.452. The minimum absolute atomic E-state index is 0.203. The van der Waals surface area contributed by atoms with Gasteiger partial charge in [0.05, 0.1) is 19.7 Å². The standard InChI is InChI=1S/C10H17NO2/c1-4-7-11(8-5-2)9-10(12)13-6-3/h1H,5-9H2,2-3H3. The minimum atomic E-state index is -0.203. The third kappa shape index (κ3) is 6.18. The minimum Gasteiger partial charge on any atom is -0.465 e. The molecule has 0 amide bonds. The van der Waals surface area contributed by atoms with E-state index in [2.05, 4.69) is 12.8 Å². The Morgan fingerprint density at radius 1 is 1.54 bits per heavy atom. The number of esters is 1. The summed E-state index contributed by atoms with van der Waals surface area (Å²) in [5.41, 5.74) is 0. The summed E-state index contributed by atoms with van der Waals surface area (Å²) in [7, 11) is 0. The summed E-state index contributed by atoms with van der Waals surface area (Å²) in [6.07, 6.45) is 6.15. The summed E-state index contributed by atoms with van der Waals surface area (Å²) < 4.78 is 4.82. The maximum Gasteiger partial charge on any atom is 0.320 e. The number of terminal acetylenes is 1. The van der Waals surface area contributed by atoms with Gasteiger partial charge in [0.1, 0.15) is 0 Å². The van der Waals surface area contributed by atoms with Gasteiger partial charge in [0.2, 0.25) is 0 Å². The first-order chi connectivity index (χ1) is 6.24. The SMILES string of the molecule is C#CCN(CCC)CC(=O)OCC. The zero-order valence-electron chi connectivity index (χ0n) is 8.38. The number of rotatable bonds is 6. The smallest absolute Gasteiger partial charge is 0.320 e. The highest BCUT2D eigenvalue weighted by Crippen LogP contribution is 1.91. The Kier molecular flexibility index (Phi) is 7.04. The Morgan fingerprint density at radius 2 is 2.23 bits per heavy atom. The van der Waals surface area contributed by atoms with Crippen molar-refractivity contribution in [3.05, 3.63) is 0 Å². The lowest BCUT2D eigenvalue weighted by Gasteiger charge is -2.17. The molecule has 0 atom stereocenters.